The Kier molecular flexibility index (Phi) is 29.2. The fourth-order valence-corrected chi connectivity index (χ4v) is 17.2. The lowest BCUT2D eigenvalue weighted by Gasteiger charge is -2.43. The van der Waals surface area contributed by atoms with E-state index in [9.17, 15) is 64.7 Å². The minimum atomic E-state index is -4.55. The second kappa shape index (κ2) is 36.0. The van der Waals surface area contributed by atoms with Gasteiger partial charge in [-0.2, -0.15) is 26.3 Å². The summed E-state index contributed by atoms with van der Waals surface area (Å²) in [6.45, 7) is 3.86. The zero-order valence-electron chi connectivity index (χ0n) is 61.3. The van der Waals surface area contributed by atoms with E-state index >= 15 is 19.2 Å². The first kappa shape index (κ1) is 82.8. The van der Waals surface area contributed by atoms with Crippen molar-refractivity contribution >= 4 is 82.5 Å². The molecule has 24 nitrogen and oxygen atoms in total. The zero-order valence-corrected chi connectivity index (χ0v) is 62.0. The second-order valence-corrected chi connectivity index (χ2v) is 31.0. The van der Waals surface area contributed by atoms with Gasteiger partial charge in [-0.1, -0.05) is 59.3 Å². The Morgan fingerprint density at radius 1 is 0.569 bits per heavy atom. The lowest BCUT2D eigenvalue weighted by Crippen LogP contribution is -2.65. The molecule has 0 radical (unpaired) electrons. The van der Waals surface area contributed by atoms with Crippen molar-refractivity contribution in [3.05, 3.63) is 0 Å². The summed E-state index contributed by atoms with van der Waals surface area (Å²) in [5.41, 5.74) is -1.59. The summed E-state index contributed by atoms with van der Waals surface area (Å²) in [6.07, 6.45) is -3.54. The third-order valence-electron chi connectivity index (χ3n) is 23.5. The number of carbonyl (C=O) groups is 12. The Bertz CT molecular complexity index is 3000. The van der Waals surface area contributed by atoms with Gasteiger partial charge in [0.05, 0.1) is 37.9 Å². The molecule has 1 spiro atoms. The van der Waals surface area contributed by atoms with E-state index in [0.29, 0.717) is 64.5 Å². The number of hydrogen-bond donors (Lipinski definition) is 3. The average molecular weight is 1470 g/mol. The topological polar surface area (TPSA) is 270 Å². The van der Waals surface area contributed by atoms with Gasteiger partial charge in [-0.05, 0) is 146 Å². The minimum absolute atomic E-state index is 0.0106. The van der Waals surface area contributed by atoms with Gasteiger partial charge in [0.25, 0.3) is 0 Å². The van der Waals surface area contributed by atoms with Crippen molar-refractivity contribution in [2.45, 2.75) is 253 Å². The van der Waals surface area contributed by atoms with Gasteiger partial charge >= 0.3 is 12.4 Å². The van der Waals surface area contributed by atoms with Gasteiger partial charge < -0.3 is 60.0 Å². The molecule has 11 atom stereocenters. The van der Waals surface area contributed by atoms with Gasteiger partial charge in [0.15, 0.2) is 0 Å². The number of halogens is 7. The summed E-state index contributed by atoms with van der Waals surface area (Å²) in [7, 11) is 9.47. The average Bonchev–Trinajstić information content (AvgIpc) is 1.43. The Balaban J connectivity index is 1.26. The van der Waals surface area contributed by atoms with E-state index in [1.807, 2.05) is 0 Å². The Labute approximate surface area is 601 Å². The molecule has 576 valence electrons. The molecule has 3 unspecified atom stereocenters. The van der Waals surface area contributed by atoms with Crippen LogP contribution in [-0.2, 0) is 57.5 Å². The number of rotatable bonds is 10. The smallest absolute Gasteiger partial charge is 0.343 e. The number of carbonyl (C=O) groups excluding carboxylic acids is 12. The third kappa shape index (κ3) is 20.3. The predicted octanol–water partition coefficient (Wildman–Crippen LogP) is 6.25. The fourth-order valence-electron chi connectivity index (χ4n) is 16.7. The van der Waals surface area contributed by atoms with Crippen LogP contribution in [0.2, 0.25) is 0 Å². The van der Waals surface area contributed by atoms with Crippen molar-refractivity contribution in [2.75, 3.05) is 88.6 Å². The van der Waals surface area contributed by atoms with E-state index in [-0.39, 0.29) is 96.4 Å². The number of alkyl halides is 7. The van der Waals surface area contributed by atoms with Crippen LogP contribution in [0.25, 0.3) is 0 Å². The van der Waals surface area contributed by atoms with Crippen molar-refractivity contribution in [2.24, 2.45) is 35.5 Å². The van der Waals surface area contributed by atoms with E-state index in [1.54, 1.807) is 25.7 Å². The number of amides is 12. The monoisotopic (exact) mass is 1470 g/mol. The highest BCUT2D eigenvalue weighted by Gasteiger charge is 2.53. The van der Waals surface area contributed by atoms with Gasteiger partial charge in [-0.25, -0.2) is 0 Å². The highest BCUT2D eigenvalue weighted by atomic mass is 35.5. The summed E-state index contributed by atoms with van der Waals surface area (Å²) in [4.78, 5) is 189. The number of likely N-dealkylation sites (tertiary alicyclic amines) is 1. The van der Waals surface area contributed by atoms with Crippen molar-refractivity contribution in [3.8, 4) is 0 Å². The van der Waals surface area contributed by atoms with Crippen LogP contribution in [0, 0.1) is 35.5 Å². The largest absolute Gasteiger partial charge is 0.393 e. The number of hydrogen-bond acceptors (Lipinski definition) is 12. The molecular weight excluding hydrogens is 1360 g/mol. The molecule has 4 aliphatic carbocycles. The molecule has 0 aromatic heterocycles. The number of nitrogens with zero attached hydrogens (tertiary/aromatic N) is 9. The summed E-state index contributed by atoms with van der Waals surface area (Å²) >= 11 is 6.38. The van der Waals surface area contributed by atoms with Gasteiger partial charge in [0, 0.05) is 74.3 Å². The molecule has 7 aliphatic rings. The number of fused-ring (bicyclic) bond motifs is 1. The van der Waals surface area contributed by atoms with Crippen LogP contribution in [0.4, 0.5) is 26.3 Å². The number of nitrogens with one attached hydrogen (secondary N) is 3. The van der Waals surface area contributed by atoms with Gasteiger partial charge in [0.1, 0.15) is 47.8 Å². The minimum Gasteiger partial charge on any atom is -0.343 e. The standard InChI is InChI=1S/C71H111ClF6N12O12/c1-11-43(3)59-66(100)84(6)41-57(93)82(4)42-58(94)86(8)53(38-45-24-28-47(29-25-45)70(73,74)75)64(98)83(5)40-55(91)79-50(31-27-44-26-30-48(49(72)37-44)71(76,77)78)63(97)90-36-20-23-52(90)62(96)81-69(32-16-17-33-69)68(102)88(10)60(46-21-14-13-15-22-46)67(101)87(9)54(65(99)89-34-18-19-35-89)39-56(92)85(7)51(12-2)61(95)80-59/h43-54,59-60H,11-42H2,1-10H3,(H,79,91)(H,80,95)(H,81,96)/t43-,44?,45?,47?,48?,49?,50-,51-,52-,53-,54-,59-,60-/m0/s1. The molecule has 3 heterocycles. The van der Waals surface area contributed by atoms with E-state index in [1.165, 1.54) is 68.9 Å². The molecule has 12 amide bonds. The number of likely N-dealkylation sites (N-methyl/N-ethyl adjacent to an activating group) is 7. The van der Waals surface area contributed by atoms with Crippen LogP contribution in [0.3, 0.4) is 0 Å². The molecule has 31 heteroatoms. The molecule has 0 aromatic carbocycles. The molecular formula is C71H111ClF6N12O12. The van der Waals surface area contributed by atoms with E-state index in [2.05, 4.69) is 16.0 Å². The normalized spacial score (nSPS) is 31.0. The molecule has 3 aliphatic heterocycles. The van der Waals surface area contributed by atoms with Crippen LogP contribution >= 0.6 is 11.6 Å². The van der Waals surface area contributed by atoms with Crippen LogP contribution in [-0.4, -0.2) is 269 Å². The van der Waals surface area contributed by atoms with E-state index in [0.717, 1.165) is 38.9 Å². The summed E-state index contributed by atoms with van der Waals surface area (Å²) in [5.74, 6) is -13.7. The Morgan fingerprint density at radius 2 is 1.17 bits per heavy atom. The zero-order chi connectivity index (χ0) is 75.5. The van der Waals surface area contributed by atoms with E-state index in [4.69, 9.17) is 11.6 Å². The lowest BCUT2D eigenvalue weighted by atomic mass is 9.78. The Morgan fingerprint density at radius 3 is 1.75 bits per heavy atom. The maximum Gasteiger partial charge on any atom is 0.393 e. The molecule has 7 rings (SSSR count). The van der Waals surface area contributed by atoms with Crippen molar-refractivity contribution in [1.82, 2.24) is 60.0 Å². The first-order valence-corrected chi connectivity index (χ1v) is 37.5. The fraction of sp³-hybridized carbons (Fsp3) is 0.831. The van der Waals surface area contributed by atoms with Crippen LogP contribution in [0.5, 0.6) is 0 Å². The van der Waals surface area contributed by atoms with Gasteiger partial charge in [-0.3, -0.25) is 57.5 Å². The molecule has 0 bridgehead atoms. The quantitative estimate of drug-likeness (QED) is 0.162. The van der Waals surface area contributed by atoms with E-state index < -0.39 is 198 Å². The maximum atomic E-state index is 15.7. The summed E-state index contributed by atoms with van der Waals surface area (Å²) in [5, 5.41) is 7.34. The van der Waals surface area contributed by atoms with Crippen LogP contribution < -0.4 is 16.0 Å². The molecule has 0 aromatic rings. The lowest BCUT2D eigenvalue weighted by molar-refractivity contribution is -0.184. The first-order valence-electron chi connectivity index (χ1n) is 37.0. The summed E-state index contributed by atoms with van der Waals surface area (Å²) < 4.78 is 83.8. The van der Waals surface area contributed by atoms with Crippen molar-refractivity contribution < 1.29 is 83.9 Å². The molecule has 102 heavy (non-hydrogen) atoms. The van der Waals surface area contributed by atoms with Crippen LogP contribution in [0.1, 0.15) is 188 Å². The molecule has 7 fully saturated rings. The molecule has 3 saturated heterocycles. The Hall–Kier alpha value is -6.49. The van der Waals surface area contributed by atoms with Crippen LogP contribution in [0.15, 0.2) is 0 Å². The summed E-state index contributed by atoms with van der Waals surface area (Å²) in [6, 6.07) is -9.13. The van der Waals surface area contributed by atoms with Crippen molar-refractivity contribution in [1.29, 1.82) is 0 Å². The highest BCUT2D eigenvalue weighted by molar-refractivity contribution is 6.21. The van der Waals surface area contributed by atoms with Gasteiger partial charge in [0.2, 0.25) is 70.9 Å². The first-order chi connectivity index (χ1) is 47.9. The molecule has 3 N–H and O–H groups in total. The predicted molar refractivity (Wildman–Crippen MR) is 366 cm³/mol. The third-order valence-corrected chi connectivity index (χ3v) is 24.0. The van der Waals surface area contributed by atoms with Crippen molar-refractivity contribution in [3.63, 3.8) is 0 Å². The SMILES string of the molecule is CC[C@H](C)[C@@H]1NC(=O)[C@H](CC)N(C)C(=O)C[C@@H](C(=O)N2CCCC2)N(C)C(=O)[C@H](C2CCCCC2)N(C)C(=O)C2(CCCC2)NC(=O)[C@@H]2CCCN2C(=O)[C@H](CCC2CCC(C(F)(F)F)C(Cl)C2)NC(=O)CN(C)C(=O)[C@H](CC2CCC(C(F)(F)F)CC2)N(C)C(=O)CN(C)C(=O)CN(C)C1=O. The molecule has 4 saturated carbocycles. The second-order valence-electron chi connectivity index (χ2n) is 30.4. The maximum absolute atomic E-state index is 15.7. The highest BCUT2D eigenvalue weighted by Crippen LogP contribution is 2.45. The van der Waals surface area contributed by atoms with Gasteiger partial charge in [-0.15, -0.1) is 11.6 Å².